The lowest BCUT2D eigenvalue weighted by atomic mass is 9.89. The van der Waals surface area contributed by atoms with Crippen molar-refractivity contribution in [3.8, 4) is 0 Å². The van der Waals surface area contributed by atoms with E-state index in [2.05, 4.69) is 10.3 Å². The first kappa shape index (κ1) is 13.6. The molecule has 2 aromatic rings. The highest BCUT2D eigenvalue weighted by Crippen LogP contribution is 2.20. The Morgan fingerprint density at radius 2 is 2.11 bits per heavy atom. The second-order valence-corrected chi connectivity index (χ2v) is 5.57. The van der Waals surface area contributed by atoms with Gasteiger partial charge in [-0.05, 0) is 17.9 Å². The molecule has 4 heteroatoms. The van der Waals surface area contributed by atoms with Gasteiger partial charge in [0, 0.05) is 30.3 Å². The molecule has 0 saturated carbocycles. The summed E-state index contributed by atoms with van der Waals surface area (Å²) in [7, 11) is 0. The highest BCUT2D eigenvalue weighted by Gasteiger charge is 2.19. The van der Waals surface area contributed by atoms with Crippen LogP contribution in [0.4, 0.5) is 0 Å². The summed E-state index contributed by atoms with van der Waals surface area (Å²) in [5.41, 5.74) is 1.52. The van der Waals surface area contributed by atoms with Crippen molar-refractivity contribution >= 4 is 16.8 Å². The van der Waals surface area contributed by atoms with Gasteiger partial charge in [0.1, 0.15) is 0 Å². The van der Waals surface area contributed by atoms with Crippen LogP contribution < -0.4 is 5.32 Å². The van der Waals surface area contributed by atoms with Crippen LogP contribution in [0.25, 0.3) is 10.9 Å². The molecule has 102 valence electrons. The topological polar surface area (TPSA) is 65.1 Å². The van der Waals surface area contributed by atoms with Crippen LogP contribution in [0.15, 0.2) is 30.5 Å². The number of hydrogen-bond donors (Lipinski definition) is 3. The van der Waals surface area contributed by atoms with Crippen LogP contribution in [0.5, 0.6) is 0 Å². The third-order valence-corrected chi connectivity index (χ3v) is 3.35. The Kier molecular flexibility index (Phi) is 3.90. The molecule has 0 aliphatic rings. The molecule has 19 heavy (non-hydrogen) atoms. The number of aromatic nitrogens is 1. The minimum Gasteiger partial charge on any atom is -0.396 e. The van der Waals surface area contributed by atoms with Crippen LogP contribution in [0.1, 0.15) is 30.6 Å². The van der Waals surface area contributed by atoms with Crippen molar-refractivity contribution in [3.63, 3.8) is 0 Å². The lowest BCUT2D eigenvalue weighted by Gasteiger charge is -2.23. The number of aliphatic hydroxyl groups excluding tert-OH is 1. The Bertz CT molecular complexity index is 572. The number of rotatable bonds is 5. The Morgan fingerprint density at radius 1 is 1.37 bits per heavy atom. The number of amides is 1. The molecule has 2 rings (SSSR count). The molecule has 1 aromatic heterocycles. The second-order valence-electron chi connectivity index (χ2n) is 5.57. The molecule has 1 amide bonds. The quantitative estimate of drug-likeness (QED) is 0.772. The molecular formula is C15H20N2O2. The predicted octanol–water partition coefficient (Wildman–Crippen LogP) is 2.31. The first-order chi connectivity index (χ1) is 9.03. The zero-order valence-electron chi connectivity index (χ0n) is 11.4. The highest BCUT2D eigenvalue weighted by atomic mass is 16.3. The van der Waals surface area contributed by atoms with Crippen LogP contribution in [-0.2, 0) is 0 Å². The Hall–Kier alpha value is -1.81. The molecule has 0 atom stereocenters. The SMILES string of the molecule is CC(C)(CCO)CNC(=O)c1c[nH]c2ccccc12. The number of fused-ring (bicyclic) bond motifs is 1. The van der Waals surface area contributed by atoms with Crippen molar-refractivity contribution in [2.45, 2.75) is 20.3 Å². The minimum atomic E-state index is -0.101. The average molecular weight is 260 g/mol. The molecule has 0 unspecified atom stereocenters. The van der Waals surface area contributed by atoms with Crippen molar-refractivity contribution in [2.24, 2.45) is 5.41 Å². The Morgan fingerprint density at radius 3 is 2.84 bits per heavy atom. The molecule has 0 bridgehead atoms. The molecule has 0 fully saturated rings. The lowest BCUT2D eigenvalue weighted by molar-refractivity contribution is 0.0930. The largest absolute Gasteiger partial charge is 0.396 e. The third-order valence-electron chi connectivity index (χ3n) is 3.35. The van der Waals surface area contributed by atoms with Gasteiger partial charge in [-0.1, -0.05) is 32.0 Å². The fraction of sp³-hybridized carbons (Fsp3) is 0.400. The number of para-hydroxylation sites is 1. The number of carbonyl (C=O) groups is 1. The van der Waals surface area contributed by atoms with Crippen LogP contribution >= 0.6 is 0 Å². The van der Waals surface area contributed by atoms with E-state index in [0.717, 1.165) is 10.9 Å². The lowest BCUT2D eigenvalue weighted by Crippen LogP contribution is -2.34. The summed E-state index contributed by atoms with van der Waals surface area (Å²) >= 11 is 0. The van der Waals surface area contributed by atoms with Crippen LogP contribution in [0.2, 0.25) is 0 Å². The summed E-state index contributed by atoms with van der Waals surface area (Å²) in [6, 6.07) is 7.73. The van der Waals surface area contributed by atoms with Gasteiger partial charge in [0.2, 0.25) is 0 Å². The molecule has 3 N–H and O–H groups in total. The number of nitrogens with one attached hydrogen (secondary N) is 2. The highest BCUT2D eigenvalue weighted by molar-refractivity contribution is 6.06. The summed E-state index contributed by atoms with van der Waals surface area (Å²) < 4.78 is 0. The van der Waals surface area contributed by atoms with Crippen LogP contribution in [-0.4, -0.2) is 29.1 Å². The monoisotopic (exact) mass is 260 g/mol. The van der Waals surface area contributed by atoms with E-state index in [1.165, 1.54) is 0 Å². The van der Waals surface area contributed by atoms with E-state index >= 15 is 0 Å². The van der Waals surface area contributed by atoms with Gasteiger partial charge in [0.05, 0.1) is 5.56 Å². The minimum absolute atomic E-state index is 0.0801. The van der Waals surface area contributed by atoms with Gasteiger partial charge in [-0.25, -0.2) is 0 Å². The zero-order valence-corrected chi connectivity index (χ0v) is 11.4. The number of aliphatic hydroxyl groups is 1. The van der Waals surface area contributed by atoms with Gasteiger partial charge in [0.25, 0.3) is 5.91 Å². The maximum absolute atomic E-state index is 12.2. The first-order valence-corrected chi connectivity index (χ1v) is 6.49. The molecule has 0 aliphatic heterocycles. The van der Waals surface area contributed by atoms with Crippen molar-refractivity contribution in [1.29, 1.82) is 0 Å². The normalized spacial score (nSPS) is 11.7. The van der Waals surface area contributed by atoms with Gasteiger partial charge >= 0.3 is 0 Å². The summed E-state index contributed by atoms with van der Waals surface area (Å²) in [6.45, 7) is 4.74. The Labute approximate surface area is 112 Å². The van der Waals surface area contributed by atoms with E-state index in [9.17, 15) is 4.79 Å². The summed E-state index contributed by atoms with van der Waals surface area (Å²) in [5.74, 6) is -0.0801. The van der Waals surface area contributed by atoms with Gasteiger partial charge in [-0.2, -0.15) is 0 Å². The summed E-state index contributed by atoms with van der Waals surface area (Å²) in [5, 5.41) is 12.8. The third kappa shape index (κ3) is 3.15. The molecule has 1 aromatic carbocycles. The molecule has 0 saturated heterocycles. The Balaban J connectivity index is 2.08. The van der Waals surface area contributed by atoms with Crippen LogP contribution in [0, 0.1) is 5.41 Å². The summed E-state index contributed by atoms with van der Waals surface area (Å²) in [4.78, 5) is 15.3. The van der Waals surface area contributed by atoms with Crippen LogP contribution in [0.3, 0.4) is 0 Å². The molecule has 1 heterocycles. The van der Waals surface area contributed by atoms with Gasteiger partial charge < -0.3 is 15.4 Å². The van der Waals surface area contributed by atoms with E-state index in [1.54, 1.807) is 6.20 Å². The van der Waals surface area contributed by atoms with Crippen molar-refractivity contribution in [1.82, 2.24) is 10.3 Å². The van der Waals surface area contributed by atoms with Gasteiger partial charge in [-0.15, -0.1) is 0 Å². The maximum atomic E-state index is 12.2. The van der Waals surface area contributed by atoms with Gasteiger partial charge in [-0.3, -0.25) is 4.79 Å². The van der Waals surface area contributed by atoms with Crippen molar-refractivity contribution < 1.29 is 9.90 Å². The first-order valence-electron chi connectivity index (χ1n) is 6.49. The smallest absolute Gasteiger partial charge is 0.253 e. The number of benzene rings is 1. The summed E-state index contributed by atoms with van der Waals surface area (Å²) in [6.07, 6.45) is 2.40. The second kappa shape index (κ2) is 5.45. The zero-order chi connectivity index (χ0) is 13.9. The number of hydrogen-bond acceptors (Lipinski definition) is 2. The molecule has 0 spiro atoms. The number of carbonyl (C=O) groups excluding carboxylic acids is 1. The molecule has 0 aliphatic carbocycles. The number of aromatic amines is 1. The number of H-pyrrole nitrogens is 1. The average Bonchev–Trinajstić information content (AvgIpc) is 2.80. The van der Waals surface area contributed by atoms with E-state index in [-0.39, 0.29) is 17.9 Å². The maximum Gasteiger partial charge on any atom is 0.253 e. The van der Waals surface area contributed by atoms with E-state index in [4.69, 9.17) is 5.11 Å². The fourth-order valence-electron chi connectivity index (χ4n) is 2.07. The standard InChI is InChI=1S/C15H20N2O2/c1-15(2,7-8-18)10-17-14(19)12-9-16-13-6-4-3-5-11(12)13/h3-6,9,16,18H,7-8,10H2,1-2H3,(H,17,19). The van der Waals surface area contributed by atoms with E-state index < -0.39 is 0 Å². The van der Waals surface area contributed by atoms with Gasteiger partial charge in [0.15, 0.2) is 0 Å². The molecule has 0 radical (unpaired) electrons. The molecular weight excluding hydrogens is 240 g/mol. The molecule has 4 nitrogen and oxygen atoms in total. The van der Waals surface area contributed by atoms with Crippen molar-refractivity contribution in [3.05, 3.63) is 36.0 Å². The predicted molar refractivity (Wildman–Crippen MR) is 76.1 cm³/mol. The van der Waals surface area contributed by atoms with E-state index in [1.807, 2.05) is 38.1 Å². The fourth-order valence-corrected chi connectivity index (χ4v) is 2.07. The van der Waals surface area contributed by atoms with E-state index in [0.29, 0.717) is 18.5 Å². The van der Waals surface area contributed by atoms with Crippen molar-refractivity contribution in [2.75, 3.05) is 13.2 Å².